The second-order valence-corrected chi connectivity index (χ2v) is 8.61. The van der Waals surface area contributed by atoms with Gasteiger partial charge in [-0.05, 0) is 61.4 Å². The maximum absolute atomic E-state index is 13.3. The molecule has 1 saturated heterocycles. The Labute approximate surface area is 198 Å². The molecule has 2 aromatic heterocycles. The number of anilines is 1. The topological polar surface area (TPSA) is 50.1 Å². The van der Waals surface area contributed by atoms with Gasteiger partial charge in [-0.15, -0.1) is 0 Å². The highest BCUT2D eigenvalue weighted by Gasteiger charge is 2.30. The Morgan fingerprint density at radius 1 is 1.12 bits per heavy atom. The molecule has 0 N–H and O–H groups in total. The van der Waals surface area contributed by atoms with Crippen molar-refractivity contribution in [2.24, 2.45) is 0 Å². The molecule has 2 amide bonds. The Hall–Kier alpha value is -3.87. The smallest absolute Gasteiger partial charge is 0.324 e. The number of halogens is 1. The summed E-state index contributed by atoms with van der Waals surface area (Å²) in [6.07, 6.45) is 3.88. The molecular formula is C27H27FN4O2. The number of rotatable bonds is 4. The van der Waals surface area contributed by atoms with Crippen molar-refractivity contribution in [3.05, 3.63) is 84.6 Å². The maximum atomic E-state index is 13.3. The molecule has 1 fully saturated rings. The summed E-state index contributed by atoms with van der Waals surface area (Å²) in [5.74, 6) is 1.53. The zero-order chi connectivity index (χ0) is 23.7. The van der Waals surface area contributed by atoms with Gasteiger partial charge in [-0.25, -0.2) is 14.2 Å². The van der Waals surface area contributed by atoms with Crippen molar-refractivity contribution >= 4 is 17.2 Å². The molecular weight excluding hydrogens is 431 g/mol. The molecule has 7 heteroatoms. The van der Waals surface area contributed by atoms with E-state index in [2.05, 4.69) is 10.5 Å². The predicted octanol–water partition coefficient (Wildman–Crippen LogP) is 5.58. The van der Waals surface area contributed by atoms with Crippen LogP contribution in [0.3, 0.4) is 0 Å². The fourth-order valence-corrected chi connectivity index (χ4v) is 4.68. The molecule has 1 aliphatic heterocycles. The largest absolute Gasteiger partial charge is 0.497 e. The van der Waals surface area contributed by atoms with Crippen LogP contribution in [-0.4, -0.2) is 47.6 Å². The van der Waals surface area contributed by atoms with Gasteiger partial charge in [-0.3, -0.25) is 4.90 Å². The van der Waals surface area contributed by atoms with Crippen molar-refractivity contribution in [2.75, 3.05) is 32.1 Å². The molecule has 0 radical (unpaired) electrons. The van der Waals surface area contributed by atoms with E-state index in [0.717, 1.165) is 41.2 Å². The lowest BCUT2D eigenvalue weighted by Gasteiger charge is -2.35. The fraction of sp³-hybridized carbons (Fsp3) is 0.259. The van der Waals surface area contributed by atoms with Crippen LogP contribution in [0.2, 0.25) is 0 Å². The van der Waals surface area contributed by atoms with Gasteiger partial charge >= 0.3 is 6.03 Å². The number of piperidine rings is 1. The van der Waals surface area contributed by atoms with Gasteiger partial charge in [0.1, 0.15) is 17.4 Å². The number of benzene rings is 2. The summed E-state index contributed by atoms with van der Waals surface area (Å²) < 4.78 is 20.9. The first-order valence-corrected chi connectivity index (χ1v) is 11.4. The van der Waals surface area contributed by atoms with Gasteiger partial charge in [0, 0.05) is 43.5 Å². The summed E-state index contributed by atoms with van der Waals surface area (Å²) in [6, 6.07) is 19.9. The first kappa shape index (κ1) is 21.9. The van der Waals surface area contributed by atoms with Crippen LogP contribution in [0.4, 0.5) is 14.9 Å². The van der Waals surface area contributed by atoms with Crippen molar-refractivity contribution in [3.63, 3.8) is 0 Å². The summed E-state index contributed by atoms with van der Waals surface area (Å²) in [5.41, 5.74) is 3.59. The molecule has 1 aliphatic rings. The lowest BCUT2D eigenvalue weighted by Crippen LogP contribution is -2.46. The number of hydrogen-bond donors (Lipinski definition) is 0. The lowest BCUT2D eigenvalue weighted by molar-refractivity contribution is 0.186. The molecule has 0 bridgehead atoms. The van der Waals surface area contributed by atoms with Crippen molar-refractivity contribution in [1.82, 2.24) is 14.3 Å². The Morgan fingerprint density at radius 3 is 2.74 bits per heavy atom. The number of urea groups is 1. The number of methoxy groups -OCH3 is 1. The monoisotopic (exact) mass is 458 g/mol. The number of likely N-dealkylation sites (tertiary alicyclic amines) is 1. The lowest BCUT2D eigenvalue weighted by atomic mass is 9.97. The van der Waals surface area contributed by atoms with E-state index >= 15 is 0 Å². The standard InChI is InChI=1S/C27H27FN4O2/c1-30(22-13-11-21(28)12-14-22)27(33)31-15-6-8-20(18-31)26-29-25(24-10-3-4-16-32(24)26)19-7-5-9-23(17-19)34-2/h3-5,7,9-14,16-17,20H,6,8,15,18H2,1-2H3. The van der Waals surface area contributed by atoms with E-state index in [-0.39, 0.29) is 17.8 Å². The van der Waals surface area contributed by atoms with Crippen molar-refractivity contribution in [2.45, 2.75) is 18.8 Å². The number of pyridine rings is 1. The number of ether oxygens (including phenoxy) is 1. The minimum absolute atomic E-state index is 0.0924. The van der Waals surface area contributed by atoms with Gasteiger partial charge in [0.05, 0.1) is 18.3 Å². The van der Waals surface area contributed by atoms with Crippen LogP contribution >= 0.6 is 0 Å². The first-order valence-electron chi connectivity index (χ1n) is 11.4. The molecule has 0 spiro atoms. The van der Waals surface area contributed by atoms with E-state index in [1.165, 1.54) is 12.1 Å². The Kier molecular flexibility index (Phi) is 5.92. The third-order valence-electron chi connectivity index (χ3n) is 6.48. The van der Waals surface area contributed by atoms with Gasteiger partial charge < -0.3 is 14.0 Å². The third-order valence-corrected chi connectivity index (χ3v) is 6.48. The van der Waals surface area contributed by atoms with Crippen LogP contribution in [-0.2, 0) is 0 Å². The summed E-state index contributed by atoms with van der Waals surface area (Å²) in [6.45, 7) is 1.27. The number of carbonyl (C=O) groups is 1. The number of carbonyl (C=O) groups excluding carboxylic acids is 1. The molecule has 6 nitrogen and oxygen atoms in total. The number of hydrogen-bond acceptors (Lipinski definition) is 3. The van der Waals surface area contributed by atoms with Crippen LogP contribution < -0.4 is 9.64 Å². The third kappa shape index (κ3) is 4.09. The van der Waals surface area contributed by atoms with Gasteiger partial charge in [-0.1, -0.05) is 18.2 Å². The summed E-state index contributed by atoms with van der Waals surface area (Å²) >= 11 is 0. The van der Waals surface area contributed by atoms with E-state index in [0.29, 0.717) is 18.8 Å². The van der Waals surface area contributed by atoms with Gasteiger partial charge in [0.15, 0.2) is 0 Å². The molecule has 0 aliphatic carbocycles. The highest BCUT2D eigenvalue weighted by molar-refractivity contribution is 5.91. The Morgan fingerprint density at radius 2 is 1.94 bits per heavy atom. The molecule has 34 heavy (non-hydrogen) atoms. The van der Waals surface area contributed by atoms with Gasteiger partial charge in [-0.2, -0.15) is 0 Å². The number of fused-ring (bicyclic) bond motifs is 1. The van der Waals surface area contributed by atoms with E-state index in [9.17, 15) is 9.18 Å². The summed E-state index contributed by atoms with van der Waals surface area (Å²) in [5, 5.41) is 0. The molecule has 0 saturated carbocycles. The second kappa shape index (κ2) is 9.17. The van der Waals surface area contributed by atoms with Gasteiger partial charge in [0.25, 0.3) is 0 Å². The molecule has 1 atom stereocenters. The molecule has 2 aromatic carbocycles. The number of imidazole rings is 1. The predicted molar refractivity (Wildman–Crippen MR) is 131 cm³/mol. The summed E-state index contributed by atoms with van der Waals surface area (Å²) in [7, 11) is 3.39. The zero-order valence-electron chi connectivity index (χ0n) is 19.3. The van der Waals surface area contributed by atoms with Crippen LogP contribution in [0.5, 0.6) is 5.75 Å². The van der Waals surface area contributed by atoms with Gasteiger partial charge in [0.2, 0.25) is 0 Å². The second-order valence-electron chi connectivity index (χ2n) is 8.61. The van der Waals surface area contributed by atoms with Crippen LogP contribution in [0.15, 0.2) is 72.9 Å². The average molecular weight is 459 g/mol. The molecule has 5 rings (SSSR count). The van der Waals surface area contributed by atoms with E-state index in [1.807, 2.05) is 47.5 Å². The maximum Gasteiger partial charge on any atom is 0.324 e. The molecule has 3 heterocycles. The molecule has 1 unspecified atom stereocenters. The zero-order valence-corrected chi connectivity index (χ0v) is 19.3. The minimum atomic E-state index is -0.319. The number of amides is 2. The Balaban J connectivity index is 1.44. The highest BCUT2D eigenvalue weighted by Crippen LogP contribution is 2.33. The first-order chi connectivity index (χ1) is 16.5. The number of aromatic nitrogens is 2. The van der Waals surface area contributed by atoms with Crippen molar-refractivity contribution in [1.29, 1.82) is 0 Å². The van der Waals surface area contributed by atoms with Crippen LogP contribution in [0.25, 0.3) is 16.8 Å². The van der Waals surface area contributed by atoms with Crippen molar-refractivity contribution in [3.8, 4) is 17.0 Å². The molecule has 174 valence electrons. The number of nitrogens with zero attached hydrogens (tertiary/aromatic N) is 4. The Bertz CT molecular complexity index is 1320. The quantitative estimate of drug-likeness (QED) is 0.401. The van der Waals surface area contributed by atoms with E-state index in [4.69, 9.17) is 9.72 Å². The summed E-state index contributed by atoms with van der Waals surface area (Å²) in [4.78, 5) is 21.8. The van der Waals surface area contributed by atoms with E-state index in [1.54, 1.807) is 31.2 Å². The van der Waals surface area contributed by atoms with Crippen molar-refractivity contribution < 1.29 is 13.9 Å². The van der Waals surface area contributed by atoms with Crippen LogP contribution in [0, 0.1) is 5.82 Å². The average Bonchev–Trinajstić information content (AvgIpc) is 3.28. The highest BCUT2D eigenvalue weighted by atomic mass is 19.1. The minimum Gasteiger partial charge on any atom is -0.497 e. The molecule has 4 aromatic rings. The SMILES string of the molecule is COc1cccc(-c2nc(C3CCCN(C(=O)N(C)c4ccc(F)cc4)C3)n3ccccc23)c1. The van der Waals surface area contributed by atoms with E-state index < -0.39 is 0 Å². The fourth-order valence-electron chi connectivity index (χ4n) is 4.68. The normalized spacial score (nSPS) is 16.0. The van der Waals surface area contributed by atoms with Crippen LogP contribution in [0.1, 0.15) is 24.6 Å².